The Bertz CT molecular complexity index is 1010. The number of nitrogens with one attached hydrogen (secondary N) is 1. The molecule has 2 aromatic carbocycles. The molecule has 3 aromatic rings. The normalized spacial score (nSPS) is 10.6. The zero-order valence-electron chi connectivity index (χ0n) is 17.2. The van der Waals surface area contributed by atoms with Crippen molar-refractivity contribution in [3.63, 3.8) is 0 Å². The monoisotopic (exact) mass is 414 g/mol. The molecule has 0 aliphatic heterocycles. The largest absolute Gasteiger partial charge is 0.493 e. The molecule has 30 heavy (non-hydrogen) atoms. The molecule has 0 saturated heterocycles. The first kappa shape index (κ1) is 21.2. The number of amides is 1. The molecule has 0 atom stereocenters. The molecule has 1 N–H and O–H groups in total. The Morgan fingerprint density at radius 2 is 1.70 bits per heavy atom. The first-order valence-electron chi connectivity index (χ1n) is 9.27. The van der Waals surface area contributed by atoms with Crippen molar-refractivity contribution in [2.75, 3.05) is 27.9 Å². The zero-order valence-corrected chi connectivity index (χ0v) is 17.2. The third-order valence-corrected chi connectivity index (χ3v) is 4.63. The van der Waals surface area contributed by atoms with E-state index in [1.54, 1.807) is 31.2 Å². The van der Waals surface area contributed by atoms with Gasteiger partial charge in [-0.25, -0.2) is 4.39 Å². The molecule has 1 heterocycles. The Morgan fingerprint density at radius 3 is 2.27 bits per heavy atom. The maximum absolute atomic E-state index is 13.0. The maximum atomic E-state index is 13.0. The van der Waals surface area contributed by atoms with Crippen LogP contribution in [0, 0.1) is 12.7 Å². The van der Waals surface area contributed by atoms with E-state index >= 15 is 0 Å². The summed E-state index contributed by atoms with van der Waals surface area (Å²) in [6.45, 7) is 2.07. The van der Waals surface area contributed by atoms with Crippen molar-refractivity contribution in [1.82, 2.24) is 10.5 Å². The predicted octanol–water partition coefficient (Wildman–Crippen LogP) is 3.79. The van der Waals surface area contributed by atoms with Crippen molar-refractivity contribution in [3.05, 3.63) is 59.0 Å². The Labute approximate surface area is 173 Å². The van der Waals surface area contributed by atoms with Crippen LogP contribution < -0.4 is 19.5 Å². The highest BCUT2D eigenvalue weighted by Gasteiger charge is 2.24. The molecule has 8 heteroatoms. The van der Waals surface area contributed by atoms with E-state index in [9.17, 15) is 9.18 Å². The molecular weight excluding hydrogens is 391 g/mol. The lowest BCUT2D eigenvalue weighted by Crippen LogP contribution is -2.26. The van der Waals surface area contributed by atoms with Gasteiger partial charge in [-0.1, -0.05) is 17.3 Å². The van der Waals surface area contributed by atoms with Crippen molar-refractivity contribution in [3.8, 4) is 28.6 Å². The lowest BCUT2D eigenvalue weighted by atomic mass is 10.0. The van der Waals surface area contributed by atoms with Crippen LogP contribution in [0.1, 0.15) is 21.6 Å². The van der Waals surface area contributed by atoms with Gasteiger partial charge in [0.25, 0.3) is 5.91 Å². The number of carbonyl (C=O) groups is 1. The molecule has 7 nitrogen and oxygen atoms in total. The molecule has 0 aliphatic rings. The average Bonchev–Trinajstić information content (AvgIpc) is 3.15. The molecule has 0 aliphatic carbocycles. The van der Waals surface area contributed by atoms with Crippen molar-refractivity contribution in [2.24, 2.45) is 0 Å². The summed E-state index contributed by atoms with van der Waals surface area (Å²) in [5, 5.41) is 6.81. The van der Waals surface area contributed by atoms with Gasteiger partial charge < -0.3 is 24.1 Å². The van der Waals surface area contributed by atoms with Gasteiger partial charge in [-0.2, -0.15) is 0 Å². The smallest absolute Gasteiger partial charge is 0.257 e. The first-order chi connectivity index (χ1) is 14.5. The summed E-state index contributed by atoms with van der Waals surface area (Å²) in [6.07, 6.45) is 0.565. The number of nitrogens with zero attached hydrogens (tertiary/aromatic N) is 1. The van der Waals surface area contributed by atoms with Gasteiger partial charge in [0.2, 0.25) is 5.75 Å². The summed E-state index contributed by atoms with van der Waals surface area (Å²) in [6, 6.07) is 9.54. The second kappa shape index (κ2) is 9.30. The Kier molecular flexibility index (Phi) is 6.56. The number of benzene rings is 2. The van der Waals surface area contributed by atoms with E-state index in [1.165, 1.54) is 33.5 Å². The molecule has 0 bridgehead atoms. The average molecular weight is 414 g/mol. The van der Waals surface area contributed by atoms with E-state index in [4.69, 9.17) is 18.7 Å². The molecule has 1 aromatic heterocycles. The molecule has 0 fully saturated rings. The number of methoxy groups -OCH3 is 3. The summed E-state index contributed by atoms with van der Waals surface area (Å²) in [5.74, 6) is 0.987. The lowest BCUT2D eigenvalue weighted by Gasteiger charge is -2.13. The number of hydrogen-bond donors (Lipinski definition) is 1. The van der Waals surface area contributed by atoms with E-state index < -0.39 is 0 Å². The fraction of sp³-hybridized carbons (Fsp3) is 0.273. The van der Waals surface area contributed by atoms with E-state index in [2.05, 4.69) is 10.5 Å². The Hall–Kier alpha value is -3.55. The van der Waals surface area contributed by atoms with E-state index in [0.717, 1.165) is 5.56 Å². The van der Waals surface area contributed by atoms with Gasteiger partial charge in [-0.3, -0.25) is 4.79 Å². The Balaban J connectivity index is 1.84. The number of halogens is 1. The van der Waals surface area contributed by atoms with Gasteiger partial charge in [-0.05, 0) is 43.2 Å². The molecule has 0 radical (unpaired) electrons. The number of aromatic nitrogens is 1. The third-order valence-electron chi connectivity index (χ3n) is 4.63. The van der Waals surface area contributed by atoms with Crippen LogP contribution in [0.4, 0.5) is 4.39 Å². The number of carbonyl (C=O) groups excluding carboxylic acids is 1. The van der Waals surface area contributed by atoms with Gasteiger partial charge in [0.05, 0.1) is 27.0 Å². The minimum Gasteiger partial charge on any atom is -0.493 e. The Morgan fingerprint density at radius 1 is 1.07 bits per heavy atom. The van der Waals surface area contributed by atoms with Gasteiger partial charge in [0.1, 0.15) is 11.4 Å². The van der Waals surface area contributed by atoms with E-state index in [-0.39, 0.29) is 11.7 Å². The van der Waals surface area contributed by atoms with Crippen molar-refractivity contribution >= 4 is 5.91 Å². The summed E-state index contributed by atoms with van der Waals surface area (Å²) in [5.41, 5.74) is 2.26. The van der Waals surface area contributed by atoms with Crippen LogP contribution >= 0.6 is 0 Å². The number of ether oxygens (including phenoxy) is 3. The lowest BCUT2D eigenvalue weighted by molar-refractivity contribution is 0.0954. The van der Waals surface area contributed by atoms with Crippen LogP contribution in [0.15, 0.2) is 40.9 Å². The van der Waals surface area contributed by atoms with Crippen LogP contribution in [0.25, 0.3) is 11.3 Å². The molecule has 0 spiro atoms. The summed E-state index contributed by atoms with van der Waals surface area (Å²) < 4.78 is 34.6. The topological polar surface area (TPSA) is 82.8 Å². The predicted molar refractivity (Wildman–Crippen MR) is 109 cm³/mol. The summed E-state index contributed by atoms with van der Waals surface area (Å²) in [4.78, 5) is 12.8. The van der Waals surface area contributed by atoms with Crippen LogP contribution in [0.5, 0.6) is 17.2 Å². The van der Waals surface area contributed by atoms with Crippen molar-refractivity contribution in [1.29, 1.82) is 0 Å². The minimum atomic E-state index is -0.320. The number of aryl methyl sites for hydroxylation is 1. The highest BCUT2D eigenvalue weighted by molar-refractivity contribution is 6.00. The van der Waals surface area contributed by atoms with Crippen LogP contribution in [0.3, 0.4) is 0 Å². The zero-order chi connectivity index (χ0) is 21.7. The van der Waals surface area contributed by atoms with Crippen LogP contribution in [-0.2, 0) is 6.42 Å². The third kappa shape index (κ3) is 4.37. The van der Waals surface area contributed by atoms with Gasteiger partial charge in [0.15, 0.2) is 17.3 Å². The van der Waals surface area contributed by atoms with Gasteiger partial charge in [-0.15, -0.1) is 0 Å². The second-order valence-corrected chi connectivity index (χ2v) is 6.52. The molecule has 158 valence electrons. The molecule has 0 saturated carbocycles. The van der Waals surface area contributed by atoms with Gasteiger partial charge in [0, 0.05) is 12.1 Å². The highest BCUT2D eigenvalue weighted by atomic mass is 19.1. The van der Waals surface area contributed by atoms with Crippen molar-refractivity contribution in [2.45, 2.75) is 13.3 Å². The summed E-state index contributed by atoms with van der Waals surface area (Å²) in [7, 11) is 4.53. The highest BCUT2D eigenvalue weighted by Crippen LogP contribution is 2.42. The van der Waals surface area contributed by atoms with Crippen LogP contribution in [0.2, 0.25) is 0 Å². The standard InChI is InChI=1S/C22H23FN2O5/c1-13-19(22(26)24-10-9-14-5-7-16(23)8-6-14)20(30-25-13)15-11-17(27-2)21(29-4)18(12-15)28-3/h5-8,11-12H,9-10H2,1-4H3,(H,24,26). The quantitative estimate of drug-likeness (QED) is 0.604. The van der Waals surface area contributed by atoms with Crippen molar-refractivity contribution < 1.29 is 27.9 Å². The molecule has 1 amide bonds. The number of hydrogen-bond acceptors (Lipinski definition) is 6. The van der Waals surface area contributed by atoms with Gasteiger partial charge >= 0.3 is 0 Å². The first-order valence-corrected chi connectivity index (χ1v) is 9.27. The van der Waals surface area contributed by atoms with Crippen LogP contribution in [-0.4, -0.2) is 38.9 Å². The fourth-order valence-corrected chi connectivity index (χ4v) is 3.11. The number of rotatable bonds is 8. The SMILES string of the molecule is COc1cc(-c2onc(C)c2C(=O)NCCc2ccc(F)cc2)cc(OC)c1OC. The molecule has 0 unspecified atom stereocenters. The minimum absolute atomic E-state index is 0.294. The van der Waals surface area contributed by atoms with E-state index in [0.29, 0.717) is 52.8 Å². The molecular formula is C22H23FN2O5. The molecule has 3 rings (SSSR count). The maximum Gasteiger partial charge on any atom is 0.257 e. The summed E-state index contributed by atoms with van der Waals surface area (Å²) >= 11 is 0. The second-order valence-electron chi connectivity index (χ2n) is 6.52. The fourth-order valence-electron chi connectivity index (χ4n) is 3.11. The van der Waals surface area contributed by atoms with E-state index in [1.807, 2.05) is 0 Å².